The van der Waals surface area contributed by atoms with E-state index in [4.69, 9.17) is 25.6 Å². The summed E-state index contributed by atoms with van der Waals surface area (Å²) >= 11 is 5.60. The molecule has 0 atom stereocenters. The van der Waals surface area contributed by atoms with Crippen LogP contribution in [0.4, 0.5) is 0 Å². The fourth-order valence-corrected chi connectivity index (χ4v) is 1.50. The fraction of sp³-hybridized carbons (Fsp3) is 0.273. The van der Waals surface area contributed by atoms with Crippen LogP contribution in [0.3, 0.4) is 0 Å². The highest BCUT2D eigenvalue weighted by Crippen LogP contribution is 2.31. The van der Waals surface area contributed by atoms with E-state index in [1.807, 2.05) is 6.07 Å². The Morgan fingerprint density at radius 1 is 1.24 bits per heavy atom. The minimum atomic E-state index is 0.219. The van der Waals surface area contributed by atoms with Crippen molar-refractivity contribution in [3.8, 4) is 23.0 Å². The van der Waals surface area contributed by atoms with Crippen molar-refractivity contribution in [3.05, 3.63) is 24.0 Å². The van der Waals surface area contributed by atoms with Crippen LogP contribution in [0.5, 0.6) is 11.5 Å². The second-order valence-electron chi connectivity index (χ2n) is 3.22. The Bertz CT molecular complexity index is 513. The van der Waals surface area contributed by atoms with Gasteiger partial charge in [0.1, 0.15) is 0 Å². The van der Waals surface area contributed by atoms with E-state index in [2.05, 4.69) is 10.1 Å². The summed E-state index contributed by atoms with van der Waals surface area (Å²) in [5.74, 6) is 2.33. The average molecular weight is 255 g/mol. The number of halogens is 1. The van der Waals surface area contributed by atoms with E-state index in [-0.39, 0.29) is 5.88 Å². The molecular formula is C11H11ClN2O3. The average Bonchev–Trinajstić information content (AvgIpc) is 2.86. The summed E-state index contributed by atoms with van der Waals surface area (Å²) in [6, 6.07) is 5.36. The number of hydrogen-bond acceptors (Lipinski definition) is 5. The Kier molecular flexibility index (Phi) is 3.49. The molecule has 0 spiro atoms. The Morgan fingerprint density at radius 3 is 2.59 bits per heavy atom. The first kappa shape index (κ1) is 11.7. The van der Waals surface area contributed by atoms with Crippen molar-refractivity contribution in [2.24, 2.45) is 0 Å². The third-order valence-electron chi connectivity index (χ3n) is 2.22. The first-order valence-electron chi connectivity index (χ1n) is 4.89. The van der Waals surface area contributed by atoms with Crippen molar-refractivity contribution in [1.29, 1.82) is 0 Å². The molecule has 0 aliphatic carbocycles. The van der Waals surface area contributed by atoms with Crippen LogP contribution in [0.25, 0.3) is 11.5 Å². The topological polar surface area (TPSA) is 57.4 Å². The molecule has 0 fully saturated rings. The number of ether oxygens (including phenoxy) is 2. The van der Waals surface area contributed by atoms with Gasteiger partial charge in [-0.2, -0.15) is 4.98 Å². The van der Waals surface area contributed by atoms with Gasteiger partial charge in [0.05, 0.1) is 20.1 Å². The molecule has 90 valence electrons. The molecule has 0 N–H and O–H groups in total. The van der Waals surface area contributed by atoms with Crippen LogP contribution in [0.15, 0.2) is 22.7 Å². The number of methoxy groups -OCH3 is 2. The van der Waals surface area contributed by atoms with Gasteiger partial charge in [0.15, 0.2) is 17.3 Å². The molecule has 0 aliphatic rings. The van der Waals surface area contributed by atoms with Crippen molar-refractivity contribution in [2.75, 3.05) is 14.2 Å². The molecule has 17 heavy (non-hydrogen) atoms. The van der Waals surface area contributed by atoms with Gasteiger partial charge in [-0.15, -0.1) is 11.6 Å². The summed E-state index contributed by atoms with van der Waals surface area (Å²) in [4.78, 5) is 4.12. The van der Waals surface area contributed by atoms with Crippen molar-refractivity contribution in [1.82, 2.24) is 10.1 Å². The zero-order valence-corrected chi connectivity index (χ0v) is 10.2. The van der Waals surface area contributed by atoms with Gasteiger partial charge in [-0.25, -0.2) is 0 Å². The lowest BCUT2D eigenvalue weighted by Gasteiger charge is -2.07. The van der Waals surface area contributed by atoms with Crippen molar-refractivity contribution in [3.63, 3.8) is 0 Å². The zero-order chi connectivity index (χ0) is 12.3. The van der Waals surface area contributed by atoms with Crippen LogP contribution in [0.1, 0.15) is 5.82 Å². The maximum Gasteiger partial charge on any atom is 0.258 e. The van der Waals surface area contributed by atoms with Crippen molar-refractivity contribution in [2.45, 2.75) is 5.88 Å². The predicted octanol–water partition coefficient (Wildman–Crippen LogP) is 2.49. The van der Waals surface area contributed by atoms with Gasteiger partial charge in [0, 0.05) is 5.56 Å². The summed E-state index contributed by atoms with van der Waals surface area (Å²) in [5, 5.41) is 3.72. The Labute approximate surface area is 103 Å². The van der Waals surface area contributed by atoms with Crippen LogP contribution in [-0.2, 0) is 5.88 Å². The highest BCUT2D eigenvalue weighted by Gasteiger charge is 2.11. The number of nitrogens with zero attached hydrogens (tertiary/aromatic N) is 2. The maximum atomic E-state index is 5.60. The second kappa shape index (κ2) is 5.05. The molecule has 0 saturated heterocycles. The molecule has 5 nitrogen and oxygen atoms in total. The molecule has 2 aromatic rings. The molecular weight excluding hydrogens is 244 g/mol. The molecule has 0 bridgehead atoms. The van der Waals surface area contributed by atoms with E-state index < -0.39 is 0 Å². The van der Waals surface area contributed by atoms with Gasteiger partial charge in [-0.1, -0.05) is 5.16 Å². The Balaban J connectivity index is 2.38. The number of rotatable bonds is 4. The van der Waals surface area contributed by atoms with Crippen LogP contribution in [-0.4, -0.2) is 24.4 Å². The molecule has 1 aromatic heterocycles. The lowest BCUT2D eigenvalue weighted by atomic mass is 10.2. The Hall–Kier alpha value is -1.75. The lowest BCUT2D eigenvalue weighted by Crippen LogP contribution is -1.91. The van der Waals surface area contributed by atoms with Crippen LogP contribution in [0, 0.1) is 0 Å². The molecule has 0 radical (unpaired) electrons. The van der Waals surface area contributed by atoms with Gasteiger partial charge in [0.2, 0.25) is 0 Å². The standard InChI is InChI=1S/C11H11ClN2O3/c1-15-8-4-3-7(5-9(8)16-2)11-13-10(6-12)14-17-11/h3-5H,6H2,1-2H3. The number of aromatic nitrogens is 2. The second-order valence-corrected chi connectivity index (χ2v) is 3.49. The summed E-state index contributed by atoms with van der Waals surface area (Å²) in [7, 11) is 3.15. The monoisotopic (exact) mass is 254 g/mol. The molecule has 0 aliphatic heterocycles. The maximum absolute atomic E-state index is 5.60. The minimum absolute atomic E-state index is 0.219. The molecule has 0 saturated carbocycles. The molecule has 0 unspecified atom stereocenters. The van der Waals surface area contributed by atoms with E-state index in [0.717, 1.165) is 5.56 Å². The zero-order valence-electron chi connectivity index (χ0n) is 9.44. The first-order valence-corrected chi connectivity index (χ1v) is 5.43. The molecule has 0 amide bonds. The molecule has 2 rings (SSSR count). The highest BCUT2D eigenvalue weighted by molar-refractivity contribution is 6.16. The van der Waals surface area contributed by atoms with Crippen LogP contribution < -0.4 is 9.47 Å². The minimum Gasteiger partial charge on any atom is -0.493 e. The van der Waals surface area contributed by atoms with Gasteiger partial charge < -0.3 is 14.0 Å². The van der Waals surface area contributed by atoms with Gasteiger partial charge in [-0.3, -0.25) is 0 Å². The molecule has 6 heteroatoms. The quantitative estimate of drug-likeness (QED) is 0.785. The normalized spacial score (nSPS) is 10.3. The van der Waals surface area contributed by atoms with E-state index in [1.54, 1.807) is 26.4 Å². The smallest absolute Gasteiger partial charge is 0.258 e. The van der Waals surface area contributed by atoms with Crippen LogP contribution >= 0.6 is 11.6 Å². The van der Waals surface area contributed by atoms with Gasteiger partial charge >= 0.3 is 0 Å². The number of benzene rings is 1. The largest absolute Gasteiger partial charge is 0.493 e. The van der Waals surface area contributed by atoms with Crippen LogP contribution in [0.2, 0.25) is 0 Å². The third-order valence-corrected chi connectivity index (χ3v) is 2.46. The van der Waals surface area contributed by atoms with E-state index in [1.165, 1.54) is 0 Å². The number of alkyl halides is 1. The summed E-state index contributed by atoms with van der Waals surface area (Å²) in [5.41, 5.74) is 0.756. The summed E-state index contributed by atoms with van der Waals surface area (Å²) in [6.07, 6.45) is 0. The van der Waals surface area contributed by atoms with E-state index >= 15 is 0 Å². The Morgan fingerprint density at radius 2 is 2.00 bits per heavy atom. The summed E-state index contributed by atoms with van der Waals surface area (Å²) in [6.45, 7) is 0. The first-order chi connectivity index (χ1) is 8.28. The lowest BCUT2D eigenvalue weighted by molar-refractivity contribution is 0.355. The predicted molar refractivity (Wildman–Crippen MR) is 62.4 cm³/mol. The summed E-state index contributed by atoms with van der Waals surface area (Å²) < 4.78 is 15.4. The fourth-order valence-electron chi connectivity index (χ4n) is 1.39. The van der Waals surface area contributed by atoms with Crippen molar-refractivity contribution < 1.29 is 14.0 Å². The van der Waals surface area contributed by atoms with E-state index in [9.17, 15) is 0 Å². The SMILES string of the molecule is COc1ccc(-c2nc(CCl)no2)cc1OC. The molecule has 1 heterocycles. The van der Waals surface area contributed by atoms with Crippen molar-refractivity contribution >= 4 is 11.6 Å². The molecule has 1 aromatic carbocycles. The van der Waals surface area contributed by atoms with E-state index in [0.29, 0.717) is 23.2 Å². The van der Waals surface area contributed by atoms with Gasteiger partial charge in [0.25, 0.3) is 5.89 Å². The van der Waals surface area contributed by atoms with Gasteiger partial charge in [-0.05, 0) is 18.2 Å². The highest BCUT2D eigenvalue weighted by atomic mass is 35.5. The third kappa shape index (κ3) is 2.34. The number of hydrogen-bond donors (Lipinski definition) is 0.